The van der Waals surface area contributed by atoms with Crippen LogP contribution in [0.4, 0.5) is 0 Å². The van der Waals surface area contributed by atoms with Crippen LogP contribution in [-0.4, -0.2) is 16.9 Å². The first-order chi connectivity index (χ1) is 14.3. The standard InChI is InChI=1S/C27H36O3/c1-6-20-17-26(8-3,16-15-19-13-11-10-12-14-19)27(9-4,25(29)30)23-21(7-2)24(28)18(5)22(20)23/h10-18,21-23H,6-9H2,1-5H3,(H,29,30)/b16-15+/t18?,21-,22+,23-,26-,27-/m0/s1. The fourth-order valence-electron chi connectivity index (χ4n) is 6.71. The number of allylic oxidation sites excluding steroid dienone is 3. The lowest BCUT2D eigenvalue weighted by molar-refractivity contribution is -0.165. The van der Waals surface area contributed by atoms with Crippen LogP contribution in [0, 0.1) is 34.5 Å². The number of carboxylic acid groups (broad SMARTS) is 1. The van der Waals surface area contributed by atoms with Gasteiger partial charge >= 0.3 is 5.97 Å². The zero-order chi connectivity index (χ0) is 22.1. The van der Waals surface area contributed by atoms with Gasteiger partial charge in [-0.25, -0.2) is 0 Å². The number of fused-ring (bicyclic) bond motifs is 1. The molecule has 0 radical (unpaired) electrons. The highest BCUT2D eigenvalue weighted by atomic mass is 16.4. The molecule has 3 heteroatoms. The first-order valence-corrected chi connectivity index (χ1v) is 11.6. The number of carboxylic acids is 1. The number of hydrogen-bond acceptors (Lipinski definition) is 2. The largest absolute Gasteiger partial charge is 0.481 e. The Labute approximate surface area is 181 Å². The van der Waals surface area contributed by atoms with Gasteiger partial charge in [-0.2, -0.15) is 0 Å². The van der Waals surface area contributed by atoms with Crippen LogP contribution >= 0.6 is 0 Å². The first-order valence-electron chi connectivity index (χ1n) is 11.6. The van der Waals surface area contributed by atoms with Crippen molar-refractivity contribution in [2.75, 3.05) is 0 Å². The third kappa shape index (κ3) is 3.09. The maximum absolute atomic E-state index is 13.2. The third-order valence-electron chi connectivity index (χ3n) is 8.19. The van der Waals surface area contributed by atoms with Gasteiger partial charge in [0.05, 0.1) is 5.41 Å². The second kappa shape index (κ2) is 8.53. The molecule has 0 spiro atoms. The lowest BCUT2D eigenvalue weighted by atomic mass is 9.46. The summed E-state index contributed by atoms with van der Waals surface area (Å²) in [5, 5.41) is 10.8. The maximum Gasteiger partial charge on any atom is 0.311 e. The molecule has 1 N–H and O–H groups in total. The van der Waals surface area contributed by atoms with Gasteiger partial charge in [-0.05, 0) is 43.1 Å². The number of Topliss-reactive ketones (excluding diaryl/α,β-unsaturated/α-hetero) is 1. The molecular weight excluding hydrogens is 372 g/mol. The van der Waals surface area contributed by atoms with Crippen LogP contribution in [0.5, 0.6) is 0 Å². The number of ketones is 1. The molecule has 0 aromatic heterocycles. The summed E-state index contributed by atoms with van der Waals surface area (Å²) in [6.07, 6.45) is 9.22. The van der Waals surface area contributed by atoms with Gasteiger partial charge in [0.2, 0.25) is 0 Å². The van der Waals surface area contributed by atoms with Crippen molar-refractivity contribution in [2.45, 2.75) is 60.3 Å². The average Bonchev–Trinajstić information content (AvgIpc) is 3.02. The Hall–Kier alpha value is -2.16. The first kappa shape index (κ1) is 22.5. The van der Waals surface area contributed by atoms with Gasteiger partial charge in [0.25, 0.3) is 0 Å². The predicted octanol–water partition coefficient (Wildman–Crippen LogP) is 6.40. The van der Waals surface area contributed by atoms with Crippen molar-refractivity contribution in [2.24, 2.45) is 34.5 Å². The number of carbonyl (C=O) groups is 2. The molecule has 3 rings (SSSR count). The quantitative estimate of drug-likeness (QED) is 0.531. The minimum atomic E-state index is -0.989. The summed E-state index contributed by atoms with van der Waals surface area (Å²) in [6, 6.07) is 10.1. The summed E-state index contributed by atoms with van der Waals surface area (Å²) in [6.45, 7) is 10.3. The molecule has 3 nitrogen and oxygen atoms in total. The van der Waals surface area contributed by atoms with Crippen LogP contribution in [-0.2, 0) is 9.59 Å². The highest BCUT2D eigenvalue weighted by Gasteiger charge is 2.67. The minimum absolute atomic E-state index is 0.0355. The highest BCUT2D eigenvalue weighted by Crippen LogP contribution is 2.66. The van der Waals surface area contributed by atoms with E-state index in [1.54, 1.807) is 0 Å². The normalized spacial score (nSPS) is 36.0. The van der Waals surface area contributed by atoms with Crippen LogP contribution in [0.3, 0.4) is 0 Å². The van der Waals surface area contributed by atoms with E-state index in [0.29, 0.717) is 19.3 Å². The Kier molecular flexibility index (Phi) is 6.40. The van der Waals surface area contributed by atoms with E-state index >= 15 is 0 Å². The molecule has 0 aliphatic heterocycles. The second-order valence-electron chi connectivity index (χ2n) is 9.10. The summed E-state index contributed by atoms with van der Waals surface area (Å²) in [5.74, 6) is -0.922. The molecular formula is C27H36O3. The Morgan fingerprint density at radius 3 is 2.27 bits per heavy atom. The summed E-state index contributed by atoms with van der Waals surface area (Å²) < 4.78 is 0. The molecule has 6 atom stereocenters. The number of aliphatic carboxylic acids is 1. The van der Waals surface area contributed by atoms with E-state index in [0.717, 1.165) is 12.0 Å². The topological polar surface area (TPSA) is 54.4 Å². The molecule has 162 valence electrons. The number of hydrogen-bond donors (Lipinski definition) is 1. The fourth-order valence-corrected chi connectivity index (χ4v) is 6.71. The van der Waals surface area contributed by atoms with E-state index in [4.69, 9.17) is 0 Å². The highest BCUT2D eigenvalue weighted by molar-refractivity contribution is 5.90. The average molecular weight is 409 g/mol. The number of benzene rings is 1. The molecule has 1 saturated carbocycles. The maximum atomic E-state index is 13.2. The van der Waals surface area contributed by atoms with E-state index in [9.17, 15) is 14.7 Å². The van der Waals surface area contributed by atoms with E-state index in [-0.39, 0.29) is 29.5 Å². The molecule has 0 heterocycles. The van der Waals surface area contributed by atoms with Gasteiger partial charge in [-0.3, -0.25) is 9.59 Å². The Morgan fingerprint density at radius 2 is 1.77 bits per heavy atom. The molecule has 30 heavy (non-hydrogen) atoms. The minimum Gasteiger partial charge on any atom is -0.481 e. The zero-order valence-electron chi connectivity index (χ0n) is 19.0. The number of carbonyl (C=O) groups excluding carboxylic acids is 1. The van der Waals surface area contributed by atoms with E-state index < -0.39 is 16.8 Å². The Morgan fingerprint density at radius 1 is 1.10 bits per heavy atom. The molecule has 1 unspecified atom stereocenters. The lowest BCUT2D eigenvalue weighted by Crippen LogP contribution is -2.56. The SMILES string of the molecule is CCC1=C[C@@](/C=C/c2ccccc2)(CC)[C@](CC)(C(=O)O)[C@H]2[C@H](CC)C(=O)C(C)[C@H]12. The van der Waals surface area contributed by atoms with Gasteiger partial charge in [0, 0.05) is 17.3 Å². The van der Waals surface area contributed by atoms with Crippen molar-refractivity contribution in [3.05, 3.63) is 53.6 Å². The summed E-state index contributed by atoms with van der Waals surface area (Å²) in [7, 11) is 0. The molecule has 2 aliphatic carbocycles. The smallest absolute Gasteiger partial charge is 0.311 e. The summed E-state index contributed by atoms with van der Waals surface area (Å²) in [5.41, 5.74) is 0.726. The van der Waals surface area contributed by atoms with E-state index in [2.05, 4.69) is 32.1 Å². The van der Waals surface area contributed by atoms with Crippen molar-refractivity contribution in [3.63, 3.8) is 0 Å². The third-order valence-corrected chi connectivity index (χ3v) is 8.19. The van der Waals surface area contributed by atoms with Crippen LogP contribution in [0.2, 0.25) is 0 Å². The van der Waals surface area contributed by atoms with Gasteiger partial charge in [-0.15, -0.1) is 0 Å². The van der Waals surface area contributed by atoms with Gasteiger partial charge in [0.15, 0.2) is 0 Å². The van der Waals surface area contributed by atoms with Crippen LogP contribution < -0.4 is 0 Å². The molecule has 0 bridgehead atoms. The summed E-state index contributed by atoms with van der Waals surface area (Å²) >= 11 is 0. The van der Waals surface area contributed by atoms with Gasteiger partial charge < -0.3 is 5.11 Å². The van der Waals surface area contributed by atoms with Crippen molar-refractivity contribution in [1.82, 2.24) is 0 Å². The molecule has 0 saturated heterocycles. The van der Waals surface area contributed by atoms with Crippen LogP contribution in [0.15, 0.2) is 48.1 Å². The van der Waals surface area contributed by atoms with Crippen molar-refractivity contribution in [1.29, 1.82) is 0 Å². The van der Waals surface area contributed by atoms with Crippen LogP contribution in [0.1, 0.15) is 65.9 Å². The summed E-state index contributed by atoms with van der Waals surface area (Å²) in [4.78, 5) is 26.4. The molecule has 1 aromatic carbocycles. The fraction of sp³-hybridized carbons (Fsp3) is 0.556. The van der Waals surface area contributed by atoms with Crippen LogP contribution in [0.25, 0.3) is 6.08 Å². The zero-order valence-corrected chi connectivity index (χ0v) is 19.0. The van der Waals surface area contributed by atoms with Gasteiger partial charge in [-0.1, -0.05) is 88.8 Å². The lowest BCUT2D eigenvalue weighted by Gasteiger charge is -2.55. The second-order valence-corrected chi connectivity index (χ2v) is 9.10. The molecule has 1 aromatic rings. The number of rotatable bonds is 7. The van der Waals surface area contributed by atoms with E-state index in [1.807, 2.05) is 51.1 Å². The van der Waals surface area contributed by atoms with Gasteiger partial charge in [0.1, 0.15) is 5.78 Å². The molecule has 0 amide bonds. The molecule has 1 fully saturated rings. The van der Waals surface area contributed by atoms with Crippen molar-refractivity contribution < 1.29 is 14.7 Å². The Bertz CT molecular complexity index is 852. The van der Waals surface area contributed by atoms with Crippen molar-refractivity contribution >= 4 is 17.8 Å². The van der Waals surface area contributed by atoms with Crippen molar-refractivity contribution in [3.8, 4) is 0 Å². The monoisotopic (exact) mass is 408 g/mol. The Balaban J connectivity index is 2.30. The molecule has 2 aliphatic rings. The predicted molar refractivity (Wildman–Crippen MR) is 122 cm³/mol. The van der Waals surface area contributed by atoms with E-state index in [1.165, 1.54) is 5.57 Å².